The second-order valence-corrected chi connectivity index (χ2v) is 5.09. The molecular weight excluding hydrogens is 280 g/mol. The van der Waals surface area contributed by atoms with Gasteiger partial charge in [-0.3, -0.25) is 4.79 Å². The summed E-state index contributed by atoms with van der Waals surface area (Å²) in [5.74, 6) is 0.262. The highest BCUT2D eigenvalue weighted by molar-refractivity contribution is 6.06. The Labute approximate surface area is 126 Å². The number of allylic oxidation sites excluding steroid dienone is 1. The van der Waals surface area contributed by atoms with Crippen LogP contribution in [0.4, 0.5) is 17.2 Å². The summed E-state index contributed by atoms with van der Waals surface area (Å²) in [6.07, 6.45) is 1.28. The highest BCUT2D eigenvalue weighted by Crippen LogP contribution is 2.35. The molecule has 0 unspecified atom stereocenters. The van der Waals surface area contributed by atoms with E-state index < -0.39 is 5.69 Å². The molecule has 1 aliphatic rings. The number of benzene rings is 1. The van der Waals surface area contributed by atoms with Crippen LogP contribution in [0.25, 0.3) is 6.58 Å². The van der Waals surface area contributed by atoms with Crippen LogP contribution in [0.2, 0.25) is 0 Å². The number of aromatic amines is 1. The molecule has 110 valence electrons. The van der Waals surface area contributed by atoms with Gasteiger partial charge in [0.15, 0.2) is 11.6 Å². The smallest absolute Gasteiger partial charge is 0.326 e. The Morgan fingerprint density at radius 1 is 1.41 bits per heavy atom. The highest BCUT2D eigenvalue weighted by atomic mass is 16.1. The molecule has 0 fully saturated rings. The molecule has 2 aromatic rings. The molecule has 1 N–H and O–H groups in total. The van der Waals surface area contributed by atoms with Crippen molar-refractivity contribution in [3.8, 4) is 0 Å². The number of aromatic nitrogens is 2. The maximum Gasteiger partial charge on any atom is 0.347 e. The minimum absolute atomic E-state index is 0.156. The Morgan fingerprint density at radius 2 is 2.14 bits per heavy atom. The SMILES string of the molecule is C=CC(=O)c1cc2c(cc1C)N=c1c(nc(=O)[nH]c1=C)N2C. The van der Waals surface area contributed by atoms with E-state index in [2.05, 4.69) is 28.1 Å². The minimum atomic E-state index is -0.483. The van der Waals surface area contributed by atoms with Crippen LogP contribution < -0.4 is 21.3 Å². The fraction of sp³-hybridized carbons (Fsp3) is 0.125. The summed E-state index contributed by atoms with van der Waals surface area (Å²) in [5.41, 5.74) is 2.29. The fourth-order valence-electron chi connectivity index (χ4n) is 2.50. The maximum absolute atomic E-state index is 11.9. The number of ketones is 1. The number of aryl methyl sites for hydroxylation is 1. The van der Waals surface area contributed by atoms with Crippen molar-refractivity contribution in [3.63, 3.8) is 0 Å². The molecule has 3 rings (SSSR count). The molecule has 1 aliphatic heterocycles. The molecule has 0 saturated heterocycles. The number of carbonyl (C=O) groups is 1. The van der Waals surface area contributed by atoms with Crippen LogP contribution in [0, 0.1) is 6.92 Å². The van der Waals surface area contributed by atoms with Gasteiger partial charge in [0.1, 0.15) is 5.36 Å². The highest BCUT2D eigenvalue weighted by Gasteiger charge is 2.21. The van der Waals surface area contributed by atoms with E-state index in [1.54, 1.807) is 18.0 Å². The van der Waals surface area contributed by atoms with E-state index in [0.717, 1.165) is 5.56 Å². The zero-order valence-electron chi connectivity index (χ0n) is 12.3. The molecule has 0 saturated carbocycles. The topological polar surface area (TPSA) is 78.4 Å². The monoisotopic (exact) mass is 294 g/mol. The zero-order chi connectivity index (χ0) is 16.0. The van der Waals surface area contributed by atoms with E-state index in [0.29, 0.717) is 33.5 Å². The molecule has 0 amide bonds. The third-order valence-corrected chi connectivity index (χ3v) is 3.65. The van der Waals surface area contributed by atoms with Crippen molar-refractivity contribution < 1.29 is 4.79 Å². The van der Waals surface area contributed by atoms with Gasteiger partial charge in [0.25, 0.3) is 0 Å². The summed E-state index contributed by atoms with van der Waals surface area (Å²) in [5, 5.41) is 0.938. The molecular formula is C16H14N4O2. The lowest BCUT2D eigenvalue weighted by Gasteiger charge is -2.24. The van der Waals surface area contributed by atoms with Gasteiger partial charge in [-0.2, -0.15) is 4.98 Å². The third-order valence-electron chi connectivity index (χ3n) is 3.65. The van der Waals surface area contributed by atoms with Crippen LogP contribution in [0.1, 0.15) is 15.9 Å². The first-order valence-corrected chi connectivity index (χ1v) is 6.65. The lowest BCUT2D eigenvalue weighted by atomic mass is 10.0. The molecule has 0 bridgehead atoms. The van der Waals surface area contributed by atoms with Gasteiger partial charge in [-0.25, -0.2) is 9.79 Å². The van der Waals surface area contributed by atoms with Crippen molar-refractivity contribution in [1.29, 1.82) is 0 Å². The van der Waals surface area contributed by atoms with Crippen LogP contribution in [0.5, 0.6) is 0 Å². The van der Waals surface area contributed by atoms with Gasteiger partial charge in [0.2, 0.25) is 0 Å². The van der Waals surface area contributed by atoms with Crippen LogP contribution in [-0.2, 0) is 0 Å². The molecule has 0 spiro atoms. The first-order chi connectivity index (χ1) is 10.4. The molecule has 6 heteroatoms. The summed E-state index contributed by atoms with van der Waals surface area (Å²) < 4.78 is 0. The first-order valence-electron chi connectivity index (χ1n) is 6.65. The van der Waals surface area contributed by atoms with E-state index in [-0.39, 0.29) is 5.78 Å². The Hall–Kier alpha value is -3.02. The van der Waals surface area contributed by atoms with Gasteiger partial charge in [0, 0.05) is 12.6 Å². The second kappa shape index (κ2) is 4.77. The molecule has 0 aliphatic carbocycles. The number of carbonyl (C=O) groups excluding carboxylic acids is 1. The quantitative estimate of drug-likeness (QED) is 0.659. The van der Waals surface area contributed by atoms with E-state index in [1.165, 1.54) is 6.08 Å². The molecule has 1 aromatic carbocycles. The normalized spacial score (nSPS) is 12.2. The number of fused-ring (bicyclic) bond motifs is 2. The number of anilines is 2. The Bertz CT molecular complexity index is 988. The number of hydrogen-bond donors (Lipinski definition) is 1. The third kappa shape index (κ3) is 1.96. The fourth-order valence-corrected chi connectivity index (χ4v) is 2.50. The summed E-state index contributed by atoms with van der Waals surface area (Å²) in [7, 11) is 1.77. The van der Waals surface area contributed by atoms with Gasteiger partial charge in [-0.15, -0.1) is 0 Å². The van der Waals surface area contributed by atoms with Crippen molar-refractivity contribution >= 4 is 29.6 Å². The molecule has 0 radical (unpaired) electrons. The van der Waals surface area contributed by atoms with Crippen LogP contribution in [0.15, 0.2) is 34.6 Å². The average molecular weight is 294 g/mol. The second-order valence-electron chi connectivity index (χ2n) is 5.09. The zero-order valence-corrected chi connectivity index (χ0v) is 12.3. The van der Waals surface area contributed by atoms with Crippen molar-refractivity contribution in [2.24, 2.45) is 4.99 Å². The lowest BCUT2D eigenvalue weighted by molar-refractivity contribution is 0.104. The molecule has 6 nitrogen and oxygen atoms in total. The number of nitrogens with one attached hydrogen (secondary N) is 1. The molecule has 1 aromatic heterocycles. The van der Waals surface area contributed by atoms with Gasteiger partial charge in [-0.05, 0) is 30.7 Å². The van der Waals surface area contributed by atoms with Crippen molar-refractivity contribution in [1.82, 2.24) is 9.97 Å². The Kier molecular flexibility index (Phi) is 3.02. The number of rotatable bonds is 2. The van der Waals surface area contributed by atoms with Crippen molar-refractivity contribution in [3.05, 3.63) is 57.1 Å². The van der Waals surface area contributed by atoms with Crippen LogP contribution in [-0.4, -0.2) is 22.8 Å². The van der Waals surface area contributed by atoms with Gasteiger partial charge in [-0.1, -0.05) is 13.2 Å². The minimum Gasteiger partial charge on any atom is -0.326 e. The number of nitrogens with zero attached hydrogens (tertiary/aromatic N) is 3. The molecule has 22 heavy (non-hydrogen) atoms. The number of H-pyrrole nitrogens is 1. The Balaban J connectivity index is 2.36. The maximum atomic E-state index is 11.9. The van der Waals surface area contributed by atoms with Gasteiger partial charge >= 0.3 is 5.69 Å². The summed E-state index contributed by atoms with van der Waals surface area (Å²) in [4.78, 5) is 36.2. The average Bonchev–Trinajstić information content (AvgIpc) is 2.47. The standard InChI is InChI=1S/C16H14N4O2/c1-5-13(21)10-7-12-11(6-8(10)2)18-14-9(3)17-16(22)19-15(14)20(12)4/h5-7H,1,3H2,2,4H3,(H,17,22). The van der Waals surface area contributed by atoms with Crippen molar-refractivity contribution in [2.45, 2.75) is 6.92 Å². The molecule has 0 atom stereocenters. The largest absolute Gasteiger partial charge is 0.347 e. The number of hydrogen-bond acceptors (Lipinski definition) is 5. The summed E-state index contributed by atoms with van der Waals surface area (Å²) in [6, 6.07) is 3.57. The first kappa shape index (κ1) is 13.9. The lowest BCUT2D eigenvalue weighted by Crippen LogP contribution is -2.41. The van der Waals surface area contributed by atoms with E-state index in [4.69, 9.17) is 0 Å². The van der Waals surface area contributed by atoms with E-state index in [1.807, 2.05) is 13.0 Å². The van der Waals surface area contributed by atoms with E-state index in [9.17, 15) is 9.59 Å². The molecule has 2 heterocycles. The van der Waals surface area contributed by atoms with E-state index >= 15 is 0 Å². The predicted molar refractivity (Wildman–Crippen MR) is 84.6 cm³/mol. The van der Waals surface area contributed by atoms with Crippen LogP contribution >= 0.6 is 0 Å². The van der Waals surface area contributed by atoms with Gasteiger partial charge < -0.3 is 9.88 Å². The van der Waals surface area contributed by atoms with Gasteiger partial charge in [0.05, 0.1) is 16.7 Å². The van der Waals surface area contributed by atoms with Crippen molar-refractivity contribution in [2.75, 3.05) is 11.9 Å². The van der Waals surface area contributed by atoms with Crippen LogP contribution in [0.3, 0.4) is 0 Å². The Morgan fingerprint density at radius 3 is 2.82 bits per heavy atom. The summed E-state index contributed by atoms with van der Waals surface area (Å²) in [6.45, 7) is 9.16. The summed E-state index contributed by atoms with van der Waals surface area (Å²) >= 11 is 0. The predicted octanol–water partition coefficient (Wildman–Crippen LogP) is 0.890.